The zero-order valence-electron chi connectivity index (χ0n) is 19.2. The number of unbranched alkanes of at least 4 members (excludes halogenated alkanes) is 1. The molecule has 0 spiro atoms. The third-order valence-electron chi connectivity index (χ3n) is 7.91. The van der Waals surface area contributed by atoms with Gasteiger partial charge < -0.3 is 0 Å². The summed E-state index contributed by atoms with van der Waals surface area (Å²) in [5.41, 5.74) is 0.902. The van der Waals surface area contributed by atoms with Gasteiger partial charge in [-0.05, 0) is 43.1 Å². The topological polar surface area (TPSA) is 34.1 Å². The predicted molar refractivity (Wildman–Crippen MR) is 125 cm³/mol. The van der Waals surface area contributed by atoms with Gasteiger partial charge in [-0.3, -0.25) is 9.59 Å². The molecule has 0 aliphatic heterocycles. The number of rotatable bonds is 11. The summed E-state index contributed by atoms with van der Waals surface area (Å²) in [5, 5.41) is 0. The molecule has 0 amide bonds. The number of hydrogen-bond donors (Lipinski definition) is 0. The van der Waals surface area contributed by atoms with Gasteiger partial charge in [-0.2, -0.15) is 0 Å². The lowest BCUT2D eigenvalue weighted by Gasteiger charge is -2.36. The maximum Gasteiger partial charge on any atom is 0.143 e. The molecule has 2 atom stereocenters. The van der Waals surface area contributed by atoms with Gasteiger partial charge in [0.15, 0.2) is 0 Å². The standard InChI is InChI=1S/C28H42O2/c1-2-3-13-23-14-8-9-15-24(23)22-26(29)18-12-19-27(30)28(20-10-5-11-21-28)25-16-6-4-7-17-25/h4,6-7,16-17,23-24H,2-3,5,8-15,18-22H2,1H3. The Balaban J connectivity index is 1.50. The summed E-state index contributed by atoms with van der Waals surface area (Å²) >= 11 is 0. The zero-order chi connectivity index (χ0) is 21.2. The van der Waals surface area contributed by atoms with Crippen molar-refractivity contribution in [2.45, 2.75) is 115 Å². The van der Waals surface area contributed by atoms with E-state index in [1.807, 2.05) is 6.07 Å². The van der Waals surface area contributed by atoms with Gasteiger partial charge in [-0.25, -0.2) is 0 Å². The number of Topliss-reactive ketones (excluding diaryl/α,β-unsaturated/α-hetero) is 2. The first-order valence-corrected chi connectivity index (χ1v) is 12.8. The van der Waals surface area contributed by atoms with Crippen LogP contribution in [0.3, 0.4) is 0 Å². The van der Waals surface area contributed by atoms with Crippen LogP contribution in [-0.2, 0) is 15.0 Å². The fourth-order valence-electron chi connectivity index (χ4n) is 6.12. The van der Waals surface area contributed by atoms with E-state index < -0.39 is 0 Å². The molecule has 0 bridgehead atoms. The quantitative estimate of drug-likeness (QED) is 0.377. The number of benzene rings is 1. The van der Waals surface area contributed by atoms with Crippen molar-refractivity contribution in [1.29, 1.82) is 0 Å². The van der Waals surface area contributed by atoms with Crippen molar-refractivity contribution in [3.63, 3.8) is 0 Å². The molecule has 2 heteroatoms. The van der Waals surface area contributed by atoms with Crippen molar-refractivity contribution in [1.82, 2.24) is 0 Å². The molecule has 2 nitrogen and oxygen atoms in total. The van der Waals surface area contributed by atoms with Crippen LogP contribution in [0.2, 0.25) is 0 Å². The lowest BCUT2D eigenvalue weighted by molar-refractivity contribution is -0.126. The van der Waals surface area contributed by atoms with Crippen LogP contribution in [0.15, 0.2) is 30.3 Å². The minimum absolute atomic E-state index is 0.294. The maximum absolute atomic E-state index is 13.4. The van der Waals surface area contributed by atoms with Gasteiger partial charge in [0.2, 0.25) is 0 Å². The van der Waals surface area contributed by atoms with Gasteiger partial charge in [-0.15, -0.1) is 0 Å². The Morgan fingerprint density at radius 1 is 0.867 bits per heavy atom. The Morgan fingerprint density at radius 3 is 2.27 bits per heavy atom. The van der Waals surface area contributed by atoms with Crippen LogP contribution >= 0.6 is 0 Å². The predicted octanol–water partition coefficient (Wildman–Crippen LogP) is 7.58. The van der Waals surface area contributed by atoms with E-state index in [-0.39, 0.29) is 5.41 Å². The van der Waals surface area contributed by atoms with E-state index in [4.69, 9.17) is 0 Å². The van der Waals surface area contributed by atoms with E-state index in [0.29, 0.717) is 30.3 Å². The first kappa shape index (κ1) is 23.2. The second kappa shape index (κ2) is 11.8. The van der Waals surface area contributed by atoms with E-state index in [1.165, 1.54) is 56.9 Å². The maximum atomic E-state index is 13.4. The van der Waals surface area contributed by atoms with Crippen molar-refractivity contribution in [3.8, 4) is 0 Å². The van der Waals surface area contributed by atoms with Gasteiger partial charge >= 0.3 is 0 Å². The van der Waals surface area contributed by atoms with Crippen molar-refractivity contribution in [2.24, 2.45) is 11.8 Å². The van der Waals surface area contributed by atoms with Gasteiger partial charge in [0.05, 0.1) is 5.41 Å². The summed E-state index contributed by atoms with van der Waals surface area (Å²) < 4.78 is 0. The summed E-state index contributed by atoms with van der Waals surface area (Å²) in [7, 11) is 0. The lowest BCUT2D eigenvalue weighted by atomic mass is 9.66. The molecule has 0 aromatic heterocycles. The van der Waals surface area contributed by atoms with Gasteiger partial charge in [0.25, 0.3) is 0 Å². The minimum Gasteiger partial charge on any atom is -0.300 e. The smallest absolute Gasteiger partial charge is 0.143 e. The molecule has 3 rings (SSSR count). The van der Waals surface area contributed by atoms with Crippen molar-refractivity contribution >= 4 is 11.6 Å². The van der Waals surface area contributed by atoms with E-state index in [2.05, 4.69) is 31.2 Å². The molecular weight excluding hydrogens is 368 g/mol. The van der Waals surface area contributed by atoms with Crippen LogP contribution in [0.5, 0.6) is 0 Å². The third kappa shape index (κ3) is 6.05. The van der Waals surface area contributed by atoms with Crippen molar-refractivity contribution < 1.29 is 9.59 Å². The molecule has 2 saturated carbocycles. The van der Waals surface area contributed by atoms with Crippen LogP contribution in [0, 0.1) is 11.8 Å². The van der Waals surface area contributed by atoms with Crippen LogP contribution < -0.4 is 0 Å². The fourth-order valence-corrected chi connectivity index (χ4v) is 6.12. The fraction of sp³-hybridized carbons (Fsp3) is 0.714. The summed E-state index contributed by atoms with van der Waals surface area (Å²) in [6, 6.07) is 10.4. The van der Waals surface area contributed by atoms with E-state index in [0.717, 1.165) is 44.4 Å². The largest absolute Gasteiger partial charge is 0.300 e. The molecule has 0 radical (unpaired) electrons. The van der Waals surface area contributed by atoms with Crippen LogP contribution in [0.4, 0.5) is 0 Å². The molecule has 2 unspecified atom stereocenters. The molecule has 2 aliphatic carbocycles. The minimum atomic E-state index is -0.294. The summed E-state index contributed by atoms with van der Waals surface area (Å²) in [5.74, 6) is 2.13. The Bertz CT molecular complexity index is 656. The summed E-state index contributed by atoms with van der Waals surface area (Å²) in [6.07, 6.45) is 17.1. The third-order valence-corrected chi connectivity index (χ3v) is 7.91. The molecule has 2 aliphatic rings. The Labute approximate surface area is 184 Å². The molecule has 1 aromatic carbocycles. The van der Waals surface area contributed by atoms with Crippen LogP contribution in [0.25, 0.3) is 0 Å². The first-order chi connectivity index (χ1) is 14.7. The summed E-state index contributed by atoms with van der Waals surface area (Å²) in [4.78, 5) is 26.1. The van der Waals surface area contributed by atoms with Gasteiger partial charge in [0.1, 0.15) is 11.6 Å². The van der Waals surface area contributed by atoms with Gasteiger partial charge in [-0.1, -0.05) is 95.0 Å². The molecule has 0 saturated heterocycles. The van der Waals surface area contributed by atoms with Crippen molar-refractivity contribution in [2.75, 3.05) is 0 Å². The second-order valence-corrected chi connectivity index (χ2v) is 9.98. The highest BCUT2D eigenvalue weighted by atomic mass is 16.1. The van der Waals surface area contributed by atoms with E-state index in [9.17, 15) is 9.59 Å². The number of hydrogen-bond acceptors (Lipinski definition) is 2. The van der Waals surface area contributed by atoms with Gasteiger partial charge in [0, 0.05) is 19.3 Å². The molecule has 1 aromatic rings. The highest BCUT2D eigenvalue weighted by molar-refractivity contribution is 5.90. The first-order valence-electron chi connectivity index (χ1n) is 12.8. The van der Waals surface area contributed by atoms with Crippen molar-refractivity contribution in [3.05, 3.63) is 35.9 Å². The molecule has 30 heavy (non-hydrogen) atoms. The molecule has 0 heterocycles. The number of ketones is 2. The second-order valence-electron chi connectivity index (χ2n) is 9.98. The average Bonchev–Trinajstić information content (AvgIpc) is 2.79. The molecule has 166 valence electrons. The monoisotopic (exact) mass is 410 g/mol. The van der Waals surface area contributed by atoms with E-state index >= 15 is 0 Å². The molecule has 0 N–H and O–H groups in total. The van der Waals surface area contributed by atoms with Crippen LogP contribution in [0.1, 0.15) is 115 Å². The molecule has 2 fully saturated rings. The van der Waals surface area contributed by atoms with Crippen LogP contribution in [-0.4, -0.2) is 11.6 Å². The SMILES string of the molecule is CCCCC1CCCCC1CC(=O)CCCC(=O)C1(c2ccccc2)CCCCC1. The Morgan fingerprint density at radius 2 is 1.57 bits per heavy atom. The average molecular weight is 411 g/mol. The number of carbonyl (C=O) groups excluding carboxylic acids is 2. The highest BCUT2D eigenvalue weighted by Gasteiger charge is 2.40. The Kier molecular flexibility index (Phi) is 9.15. The molecular formula is C28H42O2. The highest BCUT2D eigenvalue weighted by Crippen LogP contribution is 2.41. The normalized spacial score (nSPS) is 23.8. The lowest BCUT2D eigenvalue weighted by Crippen LogP contribution is -2.38. The number of carbonyl (C=O) groups is 2. The zero-order valence-corrected chi connectivity index (χ0v) is 19.2. The van der Waals surface area contributed by atoms with E-state index in [1.54, 1.807) is 0 Å². The summed E-state index contributed by atoms with van der Waals surface area (Å²) in [6.45, 7) is 2.26. The Hall–Kier alpha value is -1.44.